The molecule has 8 heteroatoms. The maximum absolute atomic E-state index is 12.4. The summed E-state index contributed by atoms with van der Waals surface area (Å²) in [5, 5.41) is 2.93. The lowest BCUT2D eigenvalue weighted by Crippen LogP contribution is -2.40. The molecule has 0 bridgehead atoms. The SMILES string of the molecule is Cc1cc(NC(=O)CC(C)CCNS(=O)(=O)C(C)(C)C)c(C)c2c1OCO2. The molecule has 0 spiro atoms. The molecule has 1 aliphatic heterocycles. The van der Waals surface area contributed by atoms with Crippen LogP contribution in [0.1, 0.15) is 51.7 Å². The molecule has 1 amide bonds. The fourth-order valence-corrected chi connectivity index (χ4v) is 3.59. The van der Waals surface area contributed by atoms with Gasteiger partial charge < -0.3 is 14.8 Å². The number of amides is 1. The van der Waals surface area contributed by atoms with Crippen LogP contribution in [-0.2, 0) is 14.8 Å². The van der Waals surface area contributed by atoms with Crippen LogP contribution in [0.5, 0.6) is 11.5 Å². The number of carbonyl (C=O) groups is 1. The van der Waals surface area contributed by atoms with Gasteiger partial charge in [-0.1, -0.05) is 6.92 Å². The molecule has 2 N–H and O–H groups in total. The van der Waals surface area contributed by atoms with E-state index in [0.717, 1.165) is 16.9 Å². The molecule has 0 saturated heterocycles. The Kier molecular flexibility index (Phi) is 6.42. The summed E-state index contributed by atoms with van der Waals surface area (Å²) < 4.78 is 36.8. The van der Waals surface area contributed by atoms with Gasteiger partial charge in [-0.2, -0.15) is 0 Å². The van der Waals surface area contributed by atoms with E-state index >= 15 is 0 Å². The Morgan fingerprint density at radius 2 is 1.85 bits per heavy atom. The van der Waals surface area contributed by atoms with Gasteiger partial charge in [0, 0.05) is 24.2 Å². The van der Waals surface area contributed by atoms with E-state index in [-0.39, 0.29) is 18.6 Å². The minimum Gasteiger partial charge on any atom is -0.453 e. The molecule has 0 fully saturated rings. The van der Waals surface area contributed by atoms with Crippen LogP contribution in [0, 0.1) is 19.8 Å². The van der Waals surface area contributed by atoms with Gasteiger partial charge in [0.15, 0.2) is 11.5 Å². The maximum atomic E-state index is 12.4. The Balaban J connectivity index is 1.88. The quantitative estimate of drug-likeness (QED) is 0.736. The van der Waals surface area contributed by atoms with Crippen LogP contribution in [0.4, 0.5) is 5.69 Å². The van der Waals surface area contributed by atoms with Gasteiger partial charge in [0.1, 0.15) is 0 Å². The molecule has 1 atom stereocenters. The number of carbonyl (C=O) groups excluding carboxylic acids is 1. The largest absolute Gasteiger partial charge is 0.453 e. The number of hydrogen-bond acceptors (Lipinski definition) is 5. The summed E-state index contributed by atoms with van der Waals surface area (Å²) >= 11 is 0. The lowest BCUT2D eigenvalue weighted by molar-refractivity contribution is -0.117. The molecule has 1 heterocycles. The average molecular weight is 399 g/mol. The van der Waals surface area contributed by atoms with E-state index in [1.165, 1.54) is 0 Å². The zero-order valence-electron chi connectivity index (χ0n) is 16.9. The molecule has 1 aromatic carbocycles. The Morgan fingerprint density at radius 1 is 1.22 bits per heavy atom. The van der Waals surface area contributed by atoms with Gasteiger partial charge in [-0.05, 0) is 58.6 Å². The number of hydrogen-bond donors (Lipinski definition) is 2. The Hall–Kier alpha value is -1.80. The van der Waals surface area contributed by atoms with Crippen molar-refractivity contribution in [3.8, 4) is 11.5 Å². The molecule has 1 unspecified atom stereocenters. The van der Waals surface area contributed by atoms with Crippen LogP contribution in [0.15, 0.2) is 6.07 Å². The van der Waals surface area contributed by atoms with Crippen molar-refractivity contribution in [2.24, 2.45) is 5.92 Å². The third kappa shape index (κ3) is 5.13. The van der Waals surface area contributed by atoms with Gasteiger partial charge in [-0.15, -0.1) is 0 Å². The minimum absolute atomic E-state index is 0.0445. The standard InChI is InChI=1S/C19H30N2O5S/c1-12(7-8-20-27(23,24)19(4,5)6)9-16(22)21-15-10-13(2)17-18(14(15)3)26-11-25-17/h10,12,20H,7-9,11H2,1-6H3,(H,21,22). The zero-order chi connectivity index (χ0) is 20.4. The van der Waals surface area contributed by atoms with Gasteiger partial charge in [0.05, 0.1) is 4.75 Å². The van der Waals surface area contributed by atoms with Crippen LogP contribution >= 0.6 is 0 Å². The zero-order valence-corrected chi connectivity index (χ0v) is 17.7. The molecule has 0 aromatic heterocycles. The van der Waals surface area contributed by atoms with Crippen molar-refractivity contribution in [3.05, 3.63) is 17.2 Å². The summed E-state index contributed by atoms with van der Waals surface area (Å²) in [7, 11) is -3.36. The highest BCUT2D eigenvalue weighted by molar-refractivity contribution is 7.90. The van der Waals surface area contributed by atoms with E-state index in [4.69, 9.17) is 9.47 Å². The molecule has 0 aliphatic carbocycles. The molecular weight excluding hydrogens is 368 g/mol. The number of fused-ring (bicyclic) bond motifs is 1. The van der Waals surface area contributed by atoms with Crippen LogP contribution in [-0.4, -0.2) is 32.4 Å². The number of nitrogens with one attached hydrogen (secondary N) is 2. The first-order valence-electron chi connectivity index (χ1n) is 9.11. The highest BCUT2D eigenvalue weighted by Crippen LogP contribution is 2.42. The van der Waals surface area contributed by atoms with Gasteiger partial charge in [-0.3, -0.25) is 4.79 Å². The number of rotatable bonds is 7. The minimum atomic E-state index is -3.36. The van der Waals surface area contributed by atoms with Gasteiger partial charge in [0.2, 0.25) is 22.7 Å². The number of ether oxygens (including phenoxy) is 2. The Bertz CT molecular complexity index is 812. The molecule has 152 valence electrons. The van der Waals surface area contributed by atoms with Crippen molar-refractivity contribution in [2.45, 2.75) is 59.1 Å². The second-order valence-electron chi connectivity index (χ2n) is 8.09. The lowest BCUT2D eigenvalue weighted by Gasteiger charge is -2.20. The fourth-order valence-electron chi connectivity index (χ4n) is 2.77. The van der Waals surface area contributed by atoms with E-state index in [1.54, 1.807) is 20.8 Å². The predicted octanol–water partition coefficient (Wildman–Crippen LogP) is 3.10. The number of anilines is 1. The van der Waals surface area contributed by atoms with Crippen LogP contribution in [0.25, 0.3) is 0 Å². The second-order valence-corrected chi connectivity index (χ2v) is 10.6. The highest BCUT2D eigenvalue weighted by atomic mass is 32.2. The molecule has 0 saturated carbocycles. The van der Waals surface area contributed by atoms with Gasteiger partial charge in [-0.25, -0.2) is 13.1 Å². The van der Waals surface area contributed by atoms with E-state index in [9.17, 15) is 13.2 Å². The van der Waals surface area contributed by atoms with E-state index in [1.807, 2.05) is 26.8 Å². The summed E-state index contributed by atoms with van der Waals surface area (Å²) in [6, 6.07) is 1.88. The number of aryl methyl sites for hydroxylation is 1. The van der Waals surface area contributed by atoms with E-state index < -0.39 is 14.8 Å². The number of benzene rings is 1. The predicted molar refractivity (Wildman–Crippen MR) is 106 cm³/mol. The molecule has 2 rings (SSSR count). The molecule has 0 radical (unpaired) electrons. The Labute approximate surface area is 161 Å². The first-order valence-corrected chi connectivity index (χ1v) is 10.6. The smallest absolute Gasteiger partial charge is 0.231 e. The lowest BCUT2D eigenvalue weighted by atomic mass is 10.0. The monoisotopic (exact) mass is 398 g/mol. The van der Waals surface area contributed by atoms with Crippen molar-refractivity contribution in [1.29, 1.82) is 0 Å². The molecule has 7 nitrogen and oxygen atoms in total. The summed E-state index contributed by atoms with van der Waals surface area (Å²) in [5.41, 5.74) is 2.46. The normalized spacial score (nSPS) is 14.9. The second kappa shape index (κ2) is 8.06. The van der Waals surface area contributed by atoms with Crippen molar-refractivity contribution < 1.29 is 22.7 Å². The average Bonchev–Trinajstić information content (AvgIpc) is 3.01. The van der Waals surface area contributed by atoms with Gasteiger partial charge >= 0.3 is 0 Å². The van der Waals surface area contributed by atoms with Crippen molar-refractivity contribution >= 4 is 21.6 Å². The maximum Gasteiger partial charge on any atom is 0.231 e. The van der Waals surface area contributed by atoms with Crippen LogP contribution < -0.4 is 19.5 Å². The van der Waals surface area contributed by atoms with E-state index in [0.29, 0.717) is 30.8 Å². The molecule has 1 aromatic rings. The van der Waals surface area contributed by atoms with E-state index in [2.05, 4.69) is 10.0 Å². The molecule has 1 aliphatic rings. The van der Waals surface area contributed by atoms with Crippen molar-refractivity contribution in [3.63, 3.8) is 0 Å². The van der Waals surface area contributed by atoms with Gasteiger partial charge in [0.25, 0.3) is 0 Å². The highest BCUT2D eigenvalue weighted by Gasteiger charge is 2.28. The summed E-state index contributed by atoms with van der Waals surface area (Å²) in [5.74, 6) is 1.34. The topological polar surface area (TPSA) is 93.7 Å². The van der Waals surface area contributed by atoms with Crippen LogP contribution in [0.3, 0.4) is 0 Å². The fraction of sp³-hybridized carbons (Fsp3) is 0.632. The summed E-state index contributed by atoms with van der Waals surface area (Å²) in [4.78, 5) is 12.4. The van der Waals surface area contributed by atoms with Crippen molar-refractivity contribution in [2.75, 3.05) is 18.7 Å². The van der Waals surface area contributed by atoms with Crippen molar-refractivity contribution in [1.82, 2.24) is 4.72 Å². The first kappa shape index (κ1) is 21.5. The first-order chi connectivity index (χ1) is 12.4. The third-order valence-electron chi connectivity index (χ3n) is 4.62. The Morgan fingerprint density at radius 3 is 2.48 bits per heavy atom. The summed E-state index contributed by atoms with van der Waals surface area (Å²) in [6.07, 6.45) is 0.895. The number of sulfonamides is 1. The molecule has 27 heavy (non-hydrogen) atoms. The van der Waals surface area contributed by atoms with Crippen LogP contribution in [0.2, 0.25) is 0 Å². The molecular formula is C19H30N2O5S. The summed E-state index contributed by atoms with van der Waals surface area (Å²) in [6.45, 7) is 11.2. The third-order valence-corrected chi connectivity index (χ3v) is 6.82.